The lowest BCUT2D eigenvalue weighted by Gasteiger charge is -2.15. The zero-order valence-electron chi connectivity index (χ0n) is 8.87. The van der Waals surface area contributed by atoms with Crippen LogP contribution in [0.2, 0.25) is 0 Å². The van der Waals surface area contributed by atoms with Crippen LogP contribution in [0, 0.1) is 5.92 Å². The lowest BCUT2D eigenvalue weighted by atomic mass is 10.1. The number of carbonyl (C=O) groups excluding carboxylic acids is 1. The molecule has 1 saturated heterocycles. The molecule has 1 heterocycles. The van der Waals surface area contributed by atoms with Gasteiger partial charge in [-0.05, 0) is 17.9 Å². The molecule has 1 amide bonds. The molecule has 16 heavy (non-hydrogen) atoms. The van der Waals surface area contributed by atoms with Crippen molar-refractivity contribution in [1.29, 1.82) is 0 Å². The molecular weight excluding hydrogens is 212 g/mol. The number of rotatable bonds is 5. The number of carboxylic acids is 1. The van der Waals surface area contributed by atoms with E-state index in [1.54, 1.807) is 4.90 Å². The van der Waals surface area contributed by atoms with Gasteiger partial charge in [0.05, 0.1) is 6.42 Å². The first-order chi connectivity index (χ1) is 7.63. The van der Waals surface area contributed by atoms with Crippen molar-refractivity contribution in [2.24, 2.45) is 11.0 Å². The molecule has 0 aliphatic carbocycles. The maximum atomic E-state index is 11.5. The predicted octanol–water partition coefficient (Wildman–Crippen LogP) is 1.01. The second-order valence-electron chi connectivity index (χ2n) is 3.80. The molecule has 1 aliphatic rings. The molecule has 0 aromatic carbocycles. The van der Waals surface area contributed by atoms with Gasteiger partial charge < -0.3 is 10.0 Å². The largest absolute Gasteiger partial charge is 0.481 e. The first-order valence-electron chi connectivity index (χ1n) is 5.14. The van der Waals surface area contributed by atoms with Gasteiger partial charge in [0.1, 0.15) is 0 Å². The number of likely N-dealkylation sites (tertiary alicyclic amines) is 1. The van der Waals surface area contributed by atoms with E-state index in [0.717, 1.165) is 6.42 Å². The standard InChI is InChI=1S/C9H14N4O3/c10-12-11-5-7-3-4-13(6-7)8(14)1-2-9(15)16/h7H,1-6H2,(H,15,16). The van der Waals surface area contributed by atoms with Crippen LogP contribution in [0.5, 0.6) is 0 Å². The number of hydrogen-bond donors (Lipinski definition) is 1. The van der Waals surface area contributed by atoms with Crippen molar-refractivity contribution in [1.82, 2.24) is 4.90 Å². The molecule has 0 aromatic rings. The minimum absolute atomic E-state index is 0.0452. The number of hydrogen-bond acceptors (Lipinski definition) is 3. The van der Waals surface area contributed by atoms with Gasteiger partial charge in [0.15, 0.2) is 0 Å². The van der Waals surface area contributed by atoms with Gasteiger partial charge in [-0.1, -0.05) is 5.11 Å². The fourth-order valence-electron chi connectivity index (χ4n) is 1.73. The topological polar surface area (TPSA) is 106 Å². The van der Waals surface area contributed by atoms with Crippen molar-refractivity contribution in [3.63, 3.8) is 0 Å². The molecule has 1 N–H and O–H groups in total. The number of amides is 1. The number of carboxylic acid groups (broad SMARTS) is 1. The highest BCUT2D eigenvalue weighted by Gasteiger charge is 2.25. The quantitative estimate of drug-likeness (QED) is 0.429. The number of azide groups is 1. The first kappa shape index (κ1) is 12.3. The molecule has 1 fully saturated rings. The molecule has 88 valence electrons. The van der Waals surface area contributed by atoms with E-state index in [-0.39, 0.29) is 24.7 Å². The Morgan fingerprint density at radius 3 is 2.88 bits per heavy atom. The fraction of sp³-hybridized carbons (Fsp3) is 0.778. The van der Waals surface area contributed by atoms with E-state index < -0.39 is 5.97 Å². The molecule has 7 nitrogen and oxygen atoms in total. The van der Waals surface area contributed by atoms with E-state index in [0.29, 0.717) is 19.6 Å². The van der Waals surface area contributed by atoms with Gasteiger partial charge in [-0.3, -0.25) is 9.59 Å². The lowest BCUT2D eigenvalue weighted by molar-refractivity contribution is -0.140. The first-order valence-corrected chi connectivity index (χ1v) is 5.14. The summed E-state index contributed by atoms with van der Waals surface area (Å²) in [4.78, 5) is 26.1. The van der Waals surface area contributed by atoms with Crippen LogP contribution in [0.25, 0.3) is 10.4 Å². The van der Waals surface area contributed by atoms with Gasteiger partial charge in [0.2, 0.25) is 5.91 Å². The Hall–Kier alpha value is -1.75. The Balaban J connectivity index is 2.31. The van der Waals surface area contributed by atoms with Crippen molar-refractivity contribution < 1.29 is 14.7 Å². The van der Waals surface area contributed by atoms with E-state index in [1.165, 1.54) is 0 Å². The summed E-state index contributed by atoms with van der Waals surface area (Å²) in [6.45, 7) is 1.60. The molecule has 0 aromatic heterocycles. The van der Waals surface area contributed by atoms with Crippen molar-refractivity contribution in [2.45, 2.75) is 19.3 Å². The molecule has 1 unspecified atom stereocenters. The summed E-state index contributed by atoms with van der Waals surface area (Å²) in [7, 11) is 0. The van der Waals surface area contributed by atoms with Crippen LogP contribution in [-0.2, 0) is 9.59 Å². The summed E-state index contributed by atoms with van der Waals surface area (Å²) in [6.07, 6.45) is 0.734. The van der Waals surface area contributed by atoms with Crippen LogP contribution >= 0.6 is 0 Å². The highest BCUT2D eigenvalue weighted by molar-refractivity contribution is 5.80. The summed E-state index contributed by atoms with van der Waals surface area (Å²) < 4.78 is 0. The minimum atomic E-state index is -0.960. The second kappa shape index (κ2) is 5.97. The highest BCUT2D eigenvalue weighted by Crippen LogP contribution is 2.17. The van der Waals surface area contributed by atoms with Crippen molar-refractivity contribution in [3.05, 3.63) is 10.4 Å². The van der Waals surface area contributed by atoms with E-state index in [9.17, 15) is 9.59 Å². The van der Waals surface area contributed by atoms with Gasteiger partial charge in [-0.2, -0.15) is 0 Å². The van der Waals surface area contributed by atoms with E-state index in [4.69, 9.17) is 10.6 Å². The summed E-state index contributed by atoms with van der Waals surface area (Å²) >= 11 is 0. The molecule has 7 heteroatoms. The van der Waals surface area contributed by atoms with Gasteiger partial charge in [0, 0.05) is 31.0 Å². The maximum Gasteiger partial charge on any atom is 0.303 e. The molecular formula is C9H14N4O3. The Bertz CT molecular complexity index is 325. The van der Waals surface area contributed by atoms with Crippen LogP contribution in [0.15, 0.2) is 5.11 Å². The zero-order chi connectivity index (χ0) is 12.0. The molecule has 1 atom stereocenters. The Kier molecular flexibility index (Phi) is 4.60. The second-order valence-corrected chi connectivity index (χ2v) is 3.80. The van der Waals surface area contributed by atoms with Crippen molar-refractivity contribution in [3.8, 4) is 0 Å². The van der Waals surface area contributed by atoms with Crippen LogP contribution in [0.1, 0.15) is 19.3 Å². The minimum Gasteiger partial charge on any atom is -0.481 e. The maximum absolute atomic E-state index is 11.5. The molecule has 0 spiro atoms. The van der Waals surface area contributed by atoms with E-state index in [2.05, 4.69) is 10.0 Å². The summed E-state index contributed by atoms with van der Waals surface area (Å²) in [6, 6.07) is 0. The average Bonchev–Trinajstić information content (AvgIpc) is 2.71. The van der Waals surface area contributed by atoms with Gasteiger partial charge in [0.25, 0.3) is 0 Å². The Morgan fingerprint density at radius 2 is 2.25 bits per heavy atom. The molecule has 0 radical (unpaired) electrons. The summed E-state index contributed by atoms with van der Waals surface area (Å²) in [5.41, 5.74) is 8.16. The molecule has 1 aliphatic heterocycles. The Labute approximate surface area is 92.7 Å². The van der Waals surface area contributed by atoms with Gasteiger partial charge >= 0.3 is 5.97 Å². The molecule has 0 saturated carbocycles. The van der Waals surface area contributed by atoms with Crippen LogP contribution in [-0.4, -0.2) is 41.5 Å². The van der Waals surface area contributed by atoms with Gasteiger partial charge in [-0.15, -0.1) is 0 Å². The van der Waals surface area contributed by atoms with Gasteiger partial charge in [-0.25, -0.2) is 0 Å². The third-order valence-electron chi connectivity index (χ3n) is 2.59. The van der Waals surface area contributed by atoms with Crippen LogP contribution in [0.4, 0.5) is 0 Å². The van der Waals surface area contributed by atoms with Crippen LogP contribution in [0.3, 0.4) is 0 Å². The lowest BCUT2D eigenvalue weighted by Crippen LogP contribution is -2.29. The smallest absolute Gasteiger partial charge is 0.303 e. The monoisotopic (exact) mass is 226 g/mol. The van der Waals surface area contributed by atoms with Crippen LogP contribution < -0.4 is 0 Å². The fourth-order valence-corrected chi connectivity index (χ4v) is 1.73. The zero-order valence-corrected chi connectivity index (χ0v) is 8.87. The Morgan fingerprint density at radius 1 is 1.50 bits per heavy atom. The van der Waals surface area contributed by atoms with Crippen molar-refractivity contribution >= 4 is 11.9 Å². The predicted molar refractivity (Wildman–Crippen MR) is 55.6 cm³/mol. The van der Waals surface area contributed by atoms with Crippen molar-refractivity contribution in [2.75, 3.05) is 19.6 Å². The SMILES string of the molecule is [N-]=[N+]=NCC1CCN(C(=O)CCC(=O)O)C1. The average molecular weight is 226 g/mol. The number of carbonyl (C=O) groups is 2. The highest BCUT2D eigenvalue weighted by atomic mass is 16.4. The number of aliphatic carboxylic acids is 1. The molecule has 1 rings (SSSR count). The van der Waals surface area contributed by atoms with E-state index >= 15 is 0 Å². The molecule has 0 bridgehead atoms. The summed E-state index contributed by atoms with van der Waals surface area (Å²) in [5.74, 6) is -0.881. The third-order valence-corrected chi connectivity index (χ3v) is 2.59. The number of nitrogens with zero attached hydrogens (tertiary/aromatic N) is 4. The van der Waals surface area contributed by atoms with E-state index in [1.807, 2.05) is 0 Å². The third kappa shape index (κ3) is 3.78. The normalized spacial score (nSPS) is 19.2. The summed E-state index contributed by atoms with van der Waals surface area (Å²) in [5, 5.41) is 11.9.